The fourth-order valence-corrected chi connectivity index (χ4v) is 3.25. The molecule has 0 amide bonds. The number of aromatic nitrogens is 2. The summed E-state index contributed by atoms with van der Waals surface area (Å²) in [5.74, 6) is -0.0367. The van der Waals surface area contributed by atoms with Crippen LogP contribution in [0.4, 0.5) is 4.39 Å². The number of hydrogen-bond acceptors (Lipinski definition) is 3. The lowest BCUT2D eigenvalue weighted by molar-refractivity contribution is 0.636. The highest BCUT2D eigenvalue weighted by Crippen LogP contribution is 2.34. The van der Waals surface area contributed by atoms with Gasteiger partial charge >= 0.3 is 0 Å². The Morgan fingerprint density at radius 1 is 1.16 bits per heavy atom. The SMILES string of the molecule is Cc1ccsc1-c1nc(Cl)c2c(Cl)ccc(F)c2n1. The van der Waals surface area contributed by atoms with E-state index in [1.54, 1.807) is 0 Å². The number of fused-ring (bicyclic) bond motifs is 1. The molecule has 3 rings (SSSR count). The smallest absolute Gasteiger partial charge is 0.171 e. The van der Waals surface area contributed by atoms with Gasteiger partial charge in [-0.3, -0.25) is 0 Å². The molecule has 0 N–H and O–H groups in total. The third-order valence-corrected chi connectivity index (χ3v) is 4.37. The molecule has 2 heterocycles. The molecule has 0 aliphatic rings. The molecule has 0 bridgehead atoms. The van der Waals surface area contributed by atoms with Crippen molar-refractivity contribution in [3.05, 3.63) is 45.1 Å². The van der Waals surface area contributed by atoms with Crippen molar-refractivity contribution in [3.63, 3.8) is 0 Å². The van der Waals surface area contributed by atoms with Crippen LogP contribution in [0.25, 0.3) is 21.6 Å². The molecule has 2 aromatic heterocycles. The predicted molar refractivity (Wildman–Crippen MR) is 77.6 cm³/mol. The van der Waals surface area contributed by atoms with E-state index in [2.05, 4.69) is 9.97 Å². The summed E-state index contributed by atoms with van der Waals surface area (Å²) >= 11 is 13.6. The Bertz CT molecular complexity index is 786. The second-order valence-corrected chi connectivity index (χ2v) is 5.70. The summed E-state index contributed by atoms with van der Waals surface area (Å²) in [6, 6.07) is 4.68. The summed E-state index contributed by atoms with van der Waals surface area (Å²) in [4.78, 5) is 9.35. The zero-order chi connectivity index (χ0) is 13.6. The Hall–Kier alpha value is -1.23. The van der Waals surface area contributed by atoms with Crippen molar-refractivity contribution in [3.8, 4) is 10.7 Å². The molecule has 1 aromatic carbocycles. The molecule has 0 spiro atoms. The van der Waals surface area contributed by atoms with E-state index in [-0.39, 0.29) is 10.7 Å². The van der Waals surface area contributed by atoms with E-state index in [4.69, 9.17) is 23.2 Å². The maximum absolute atomic E-state index is 13.9. The number of rotatable bonds is 1. The highest BCUT2D eigenvalue weighted by atomic mass is 35.5. The summed E-state index contributed by atoms with van der Waals surface area (Å²) in [5, 5.41) is 2.79. The van der Waals surface area contributed by atoms with Crippen molar-refractivity contribution in [2.24, 2.45) is 0 Å². The molecule has 96 valence electrons. The molecule has 19 heavy (non-hydrogen) atoms. The average Bonchev–Trinajstić information content (AvgIpc) is 2.79. The van der Waals surface area contributed by atoms with E-state index in [1.165, 1.54) is 23.5 Å². The molecule has 0 saturated heterocycles. The molecule has 0 atom stereocenters. The van der Waals surface area contributed by atoms with E-state index in [0.717, 1.165) is 10.4 Å². The van der Waals surface area contributed by atoms with Crippen LogP contribution in [0.5, 0.6) is 0 Å². The van der Waals surface area contributed by atoms with Crippen molar-refractivity contribution in [1.29, 1.82) is 0 Å². The Balaban J connectivity index is 2.37. The molecule has 0 aliphatic carbocycles. The van der Waals surface area contributed by atoms with E-state index >= 15 is 0 Å². The summed E-state index contributed by atoms with van der Waals surface area (Å²) < 4.78 is 13.9. The van der Waals surface area contributed by atoms with Crippen LogP contribution < -0.4 is 0 Å². The maximum Gasteiger partial charge on any atom is 0.171 e. The standard InChI is InChI=1S/C13H7Cl2FN2S/c1-6-4-5-19-11(6)13-17-10-8(16)3-2-7(14)9(10)12(15)18-13/h2-5H,1H3. The van der Waals surface area contributed by atoms with E-state index in [0.29, 0.717) is 16.2 Å². The topological polar surface area (TPSA) is 25.8 Å². The van der Waals surface area contributed by atoms with Gasteiger partial charge in [-0.1, -0.05) is 23.2 Å². The highest BCUT2D eigenvalue weighted by Gasteiger charge is 2.15. The predicted octanol–water partition coefficient (Wildman–Crippen LogP) is 5.11. The van der Waals surface area contributed by atoms with Crippen LogP contribution in [0.15, 0.2) is 23.6 Å². The van der Waals surface area contributed by atoms with E-state index < -0.39 is 5.82 Å². The zero-order valence-corrected chi connectivity index (χ0v) is 12.1. The lowest BCUT2D eigenvalue weighted by Gasteiger charge is -2.06. The van der Waals surface area contributed by atoms with E-state index in [9.17, 15) is 4.39 Å². The first-order valence-electron chi connectivity index (χ1n) is 5.43. The van der Waals surface area contributed by atoms with Gasteiger partial charge in [0, 0.05) is 0 Å². The quantitative estimate of drug-likeness (QED) is 0.583. The largest absolute Gasteiger partial charge is 0.224 e. The molecule has 0 radical (unpaired) electrons. The minimum atomic E-state index is -0.459. The summed E-state index contributed by atoms with van der Waals surface area (Å²) in [6.07, 6.45) is 0. The minimum Gasteiger partial charge on any atom is -0.224 e. The first-order valence-corrected chi connectivity index (χ1v) is 7.07. The lowest BCUT2D eigenvalue weighted by Crippen LogP contribution is -1.94. The normalized spacial score (nSPS) is 11.2. The van der Waals surface area contributed by atoms with Crippen LogP contribution in [-0.2, 0) is 0 Å². The number of halogens is 3. The average molecular weight is 313 g/mol. The zero-order valence-electron chi connectivity index (χ0n) is 9.75. The third-order valence-electron chi connectivity index (χ3n) is 2.77. The number of thiophene rings is 1. The van der Waals surface area contributed by atoms with Gasteiger partial charge in [0.15, 0.2) is 5.82 Å². The van der Waals surface area contributed by atoms with Gasteiger partial charge in [0.1, 0.15) is 16.5 Å². The van der Waals surface area contributed by atoms with Crippen molar-refractivity contribution < 1.29 is 4.39 Å². The monoisotopic (exact) mass is 312 g/mol. The molecular formula is C13H7Cl2FN2S. The molecule has 0 aliphatic heterocycles. The second kappa shape index (κ2) is 4.71. The first kappa shape index (κ1) is 12.8. The Kier molecular flexibility index (Phi) is 3.17. The van der Waals surface area contributed by atoms with Gasteiger partial charge in [0.25, 0.3) is 0 Å². The van der Waals surface area contributed by atoms with Crippen molar-refractivity contribution in [2.75, 3.05) is 0 Å². The maximum atomic E-state index is 13.9. The molecule has 6 heteroatoms. The fourth-order valence-electron chi connectivity index (χ4n) is 1.83. The summed E-state index contributed by atoms with van der Waals surface area (Å²) in [5.41, 5.74) is 1.18. The first-order chi connectivity index (χ1) is 9.08. The number of hydrogen-bond donors (Lipinski definition) is 0. The van der Waals surface area contributed by atoms with Crippen LogP contribution in [0.1, 0.15) is 5.56 Å². The van der Waals surface area contributed by atoms with Gasteiger partial charge in [0.2, 0.25) is 0 Å². The summed E-state index contributed by atoms with van der Waals surface area (Å²) in [7, 11) is 0. The van der Waals surface area contributed by atoms with E-state index in [1.807, 2.05) is 18.4 Å². The number of aryl methyl sites for hydroxylation is 1. The second-order valence-electron chi connectivity index (χ2n) is 4.02. The van der Waals surface area contributed by atoms with Crippen molar-refractivity contribution in [1.82, 2.24) is 9.97 Å². The molecule has 0 fully saturated rings. The summed E-state index contributed by atoms with van der Waals surface area (Å²) in [6.45, 7) is 1.95. The Morgan fingerprint density at radius 2 is 1.95 bits per heavy atom. The third kappa shape index (κ3) is 2.10. The van der Waals surface area contributed by atoms with Gasteiger partial charge in [-0.25, -0.2) is 14.4 Å². The van der Waals surface area contributed by atoms with Gasteiger partial charge in [0.05, 0.1) is 15.3 Å². The fraction of sp³-hybridized carbons (Fsp3) is 0.0769. The van der Waals surface area contributed by atoms with Gasteiger partial charge < -0.3 is 0 Å². The van der Waals surface area contributed by atoms with Crippen molar-refractivity contribution >= 4 is 45.4 Å². The molecule has 3 aromatic rings. The minimum absolute atomic E-state index is 0.148. The Labute approximate surface area is 122 Å². The molecular weight excluding hydrogens is 306 g/mol. The van der Waals surface area contributed by atoms with Crippen LogP contribution in [0, 0.1) is 12.7 Å². The highest BCUT2D eigenvalue weighted by molar-refractivity contribution is 7.13. The van der Waals surface area contributed by atoms with Crippen LogP contribution in [-0.4, -0.2) is 9.97 Å². The molecule has 0 unspecified atom stereocenters. The van der Waals surface area contributed by atoms with Crippen molar-refractivity contribution in [2.45, 2.75) is 6.92 Å². The van der Waals surface area contributed by atoms with Gasteiger partial charge in [-0.05, 0) is 36.1 Å². The number of benzene rings is 1. The molecule has 0 saturated carbocycles. The van der Waals surface area contributed by atoms with Gasteiger partial charge in [-0.2, -0.15) is 0 Å². The van der Waals surface area contributed by atoms with Crippen LogP contribution >= 0.6 is 34.5 Å². The van der Waals surface area contributed by atoms with Gasteiger partial charge in [-0.15, -0.1) is 11.3 Å². The molecule has 2 nitrogen and oxygen atoms in total. The van der Waals surface area contributed by atoms with Crippen LogP contribution in [0.2, 0.25) is 10.2 Å². The number of nitrogens with zero attached hydrogens (tertiary/aromatic N) is 2. The Morgan fingerprint density at radius 3 is 2.63 bits per heavy atom. The van der Waals surface area contributed by atoms with Crippen LogP contribution in [0.3, 0.4) is 0 Å². The lowest BCUT2D eigenvalue weighted by atomic mass is 10.2.